The molecule has 0 unspecified atom stereocenters. The third-order valence-corrected chi connectivity index (χ3v) is 3.10. The number of hydrogen-bond donors (Lipinski definition) is 0. The summed E-state index contributed by atoms with van der Waals surface area (Å²) in [6, 6.07) is 5.21. The number of carbonyl (C=O) groups is 1. The van der Waals surface area contributed by atoms with Crippen LogP contribution in [0.4, 0.5) is 13.2 Å². The van der Waals surface area contributed by atoms with Crippen molar-refractivity contribution < 1.29 is 22.7 Å². The molecule has 5 nitrogen and oxygen atoms in total. The maximum Gasteiger partial charge on any atom is 0.456 e. The van der Waals surface area contributed by atoms with E-state index in [1.54, 1.807) is 18.2 Å². The molecule has 112 valence electrons. The second-order valence-corrected chi connectivity index (χ2v) is 5.00. The van der Waals surface area contributed by atoms with Crippen molar-refractivity contribution in [3.8, 4) is 5.75 Å². The molecule has 0 amide bonds. The highest BCUT2D eigenvalue weighted by atomic mass is 79.9. The van der Waals surface area contributed by atoms with Gasteiger partial charge in [-0.05, 0) is 18.2 Å². The van der Waals surface area contributed by atoms with Crippen LogP contribution in [0.15, 0.2) is 28.9 Å². The minimum Gasteiger partial charge on any atom is -0.496 e. The molecule has 0 N–H and O–H groups in total. The van der Waals surface area contributed by atoms with Crippen LogP contribution < -0.4 is 4.74 Å². The van der Waals surface area contributed by atoms with Gasteiger partial charge in [-0.25, -0.2) is 4.68 Å². The number of aromatic nitrogens is 3. The van der Waals surface area contributed by atoms with Gasteiger partial charge in [-0.15, -0.1) is 5.10 Å². The van der Waals surface area contributed by atoms with Gasteiger partial charge < -0.3 is 4.74 Å². The molecular weight excluding hydrogens is 355 g/mol. The fraction of sp³-hybridized carbons (Fsp3) is 0.250. The van der Waals surface area contributed by atoms with Gasteiger partial charge in [0.15, 0.2) is 5.69 Å². The fourth-order valence-corrected chi connectivity index (χ4v) is 2.08. The Kier molecular flexibility index (Phi) is 4.31. The molecule has 0 radical (unpaired) electrons. The molecular formula is C12H9BrF3N3O2. The van der Waals surface area contributed by atoms with E-state index in [9.17, 15) is 18.0 Å². The number of nitrogens with zero attached hydrogens (tertiary/aromatic N) is 3. The number of halogens is 4. The largest absolute Gasteiger partial charge is 0.496 e. The summed E-state index contributed by atoms with van der Waals surface area (Å²) in [7, 11) is 1.48. The van der Waals surface area contributed by atoms with Crippen molar-refractivity contribution in [2.75, 3.05) is 7.11 Å². The number of benzene rings is 1. The van der Waals surface area contributed by atoms with E-state index in [0.717, 1.165) is 15.4 Å². The molecule has 2 aromatic rings. The molecule has 0 saturated carbocycles. The Morgan fingerprint density at radius 1 is 1.43 bits per heavy atom. The van der Waals surface area contributed by atoms with Crippen molar-refractivity contribution in [3.05, 3.63) is 40.1 Å². The Hall–Kier alpha value is -1.90. The first-order valence-corrected chi connectivity index (χ1v) is 6.44. The zero-order chi connectivity index (χ0) is 15.6. The van der Waals surface area contributed by atoms with Crippen LogP contribution in [0.5, 0.6) is 5.75 Å². The summed E-state index contributed by atoms with van der Waals surface area (Å²) < 4.78 is 43.9. The molecule has 1 heterocycles. The van der Waals surface area contributed by atoms with Crippen LogP contribution in [-0.2, 0) is 6.54 Å². The Morgan fingerprint density at radius 2 is 2.14 bits per heavy atom. The van der Waals surface area contributed by atoms with Gasteiger partial charge in [-0.2, -0.15) is 13.2 Å². The maximum absolute atomic E-state index is 12.3. The zero-order valence-electron chi connectivity index (χ0n) is 10.7. The van der Waals surface area contributed by atoms with Gasteiger partial charge in [0, 0.05) is 10.0 Å². The first-order chi connectivity index (χ1) is 9.81. The van der Waals surface area contributed by atoms with Crippen LogP contribution in [0, 0.1) is 0 Å². The minimum atomic E-state index is -4.96. The van der Waals surface area contributed by atoms with Crippen LogP contribution in [0.1, 0.15) is 16.1 Å². The molecule has 9 heteroatoms. The van der Waals surface area contributed by atoms with Crippen LogP contribution in [0.3, 0.4) is 0 Å². The predicted molar refractivity (Wildman–Crippen MR) is 70.2 cm³/mol. The number of Topliss-reactive ketones (excluding diaryl/α,β-unsaturated/α-hetero) is 1. The van der Waals surface area contributed by atoms with E-state index in [1.165, 1.54) is 7.11 Å². The van der Waals surface area contributed by atoms with E-state index in [0.29, 0.717) is 11.3 Å². The number of alkyl halides is 3. The molecule has 0 aliphatic rings. The standard InChI is InChI=1S/C12H9BrF3N3O2/c1-21-10-3-2-8(13)4-7(10)5-19-6-9(17-18-19)11(20)12(14,15)16/h2-4,6H,5H2,1H3. The lowest BCUT2D eigenvalue weighted by Crippen LogP contribution is -2.23. The summed E-state index contributed by atoms with van der Waals surface area (Å²) in [6.45, 7) is 0.126. The van der Waals surface area contributed by atoms with Crippen molar-refractivity contribution in [2.45, 2.75) is 12.7 Å². The first kappa shape index (κ1) is 15.5. The second kappa shape index (κ2) is 5.84. The second-order valence-electron chi connectivity index (χ2n) is 4.08. The number of carbonyl (C=O) groups excluding carboxylic acids is 1. The molecule has 0 atom stereocenters. The molecule has 0 saturated heterocycles. The summed E-state index contributed by atoms with van der Waals surface area (Å²) in [5.41, 5.74) is -0.0563. The van der Waals surface area contributed by atoms with Gasteiger partial charge in [-0.1, -0.05) is 21.1 Å². The maximum atomic E-state index is 12.3. The van der Waals surface area contributed by atoms with Crippen molar-refractivity contribution >= 4 is 21.7 Å². The lowest BCUT2D eigenvalue weighted by molar-refractivity contribution is -0.0888. The third-order valence-electron chi connectivity index (χ3n) is 2.60. The monoisotopic (exact) mass is 363 g/mol. The molecule has 21 heavy (non-hydrogen) atoms. The van der Waals surface area contributed by atoms with Crippen molar-refractivity contribution in [3.63, 3.8) is 0 Å². The molecule has 2 rings (SSSR count). The smallest absolute Gasteiger partial charge is 0.456 e. The van der Waals surface area contributed by atoms with Crippen LogP contribution >= 0.6 is 15.9 Å². The first-order valence-electron chi connectivity index (χ1n) is 5.65. The van der Waals surface area contributed by atoms with Crippen LogP contribution in [0.2, 0.25) is 0 Å². The van der Waals surface area contributed by atoms with E-state index in [-0.39, 0.29) is 6.54 Å². The van der Waals surface area contributed by atoms with Crippen molar-refractivity contribution in [2.24, 2.45) is 0 Å². The minimum absolute atomic E-state index is 0.126. The summed E-state index contributed by atoms with van der Waals surface area (Å²) in [4.78, 5) is 11.0. The van der Waals surface area contributed by atoms with Gasteiger partial charge >= 0.3 is 6.18 Å². The molecule has 0 spiro atoms. The predicted octanol–water partition coefficient (Wildman–Crippen LogP) is 2.84. The third kappa shape index (κ3) is 3.60. The molecule has 0 aliphatic heterocycles. The number of ether oxygens (including phenoxy) is 1. The normalized spacial score (nSPS) is 11.5. The van der Waals surface area contributed by atoms with Gasteiger partial charge in [0.25, 0.3) is 5.78 Å². The van der Waals surface area contributed by atoms with E-state index < -0.39 is 17.7 Å². The summed E-state index contributed by atoms with van der Waals surface area (Å²) in [5, 5.41) is 6.77. The van der Waals surface area contributed by atoms with Gasteiger partial charge in [0.1, 0.15) is 5.75 Å². The Balaban J connectivity index is 2.24. The molecule has 1 aromatic carbocycles. The van der Waals surface area contributed by atoms with E-state index >= 15 is 0 Å². The van der Waals surface area contributed by atoms with Crippen molar-refractivity contribution in [1.82, 2.24) is 15.0 Å². The highest BCUT2D eigenvalue weighted by Gasteiger charge is 2.41. The highest BCUT2D eigenvalue weighted by Crippen LogP contribution is 2.24. The fourth-order valence-electron chi connectivity index (χ4n) is 1.67. The lowest BCUT2D eigenvalue weighted by atomic mass is 10.2. The number of methoxy groups -OCH3 is 1. The highest BCUT2D eigenvalue weighted by molar-refractivity contribution is 9.10. The SMILES string of the molecule is COc1ccc(Br)cc1Cn1cc(C(=O)C(F)(F)F)nn1. The average Bonchev–Trinajstić information content (AvgIpc) is 2.85. The molecule has 1 aromatic heterocycles. The Labute approximate surface area is 125 Å². The van der Waals surface area contributed by atoms with Gasteiger partial charge in [-0.3, -0.25) is 4.79 Å². The lowest BCUT2D eigenvalue weighted by Gasteiger charge is -2.08. The van der Waals surface area contributed by atoms with E-state index in [4.69, 9.17) is 4.74 Å². The van der Waals surface area contributed by atoms with Gasteiger partial charge in [0.2, 0.25) is 0 Å². The summed E-state index contributed by atoms with van der Waals surface area (Å²) >= 11 is 3.29. The topological polar surface area (TPSA) is 57.0 Å². The van der Waals surface area contributed by atoms with Crippen molar-refractivity contribution in [1.29, 1.82) is 0 Å². The van der Waals surface area contributed by atoms with Crippen LogP contribution in [0.25, 0.3) is 0 Å². The molecule has 0 fully saturated rings. The molecule has 0 aliphatic carbocycles. The summed E-state index contributed by atoms with van der Waals surface area (Å²) in [5.74, 6) is -1.47. The quantitative estimate of drug-likeness (QED) is 0.783. The Bertz CT molecular complexity index is 670. The number of rotatable bonds is 4. The van der Waals surface area contributed by atoms with Gasteiger partial charge in [0.05, 0.1) is 19.9 Å². The van der Waals surface area contributed by atoms with Crippen LogP contribution in [-0.4, -0.2) is 34.1 Å². The van der Waals surface area contributed by atoms with E-state index in [2.05, 4.69) is 26.2 Å². The van der Waals surface area contributed by atoms with E-state index in [1.807, 2.05) is 0 Å². The number of hydrogen-bond acceptors (Lipinski definition) is 4. The Morgan fingerprint density at radius 3 is 2.76 bits per heavy atom. The molecule has 0 bridgehead atoms. The number of ketones is 1. The zero-order valence-corrected chi connectivity index (χ0v) is 12.3. The average molecular weight is 364 g/mol. The summed E-state index contributed by atoms with van der Waals surface area (Å²) in [6.07, 6.45) is -4.01.